The summed E-state index contributed by atoms with van der Waals surface area (Å²) in [7, 11) is 0. The number of ether oxygens (including phenoxy) is 1. The molecule has 3 aromatic rings. The van der Waals surface area contributed by atoms with Gasteiger partial charge in [0.1, 0.15) is 5.82 Å². The van der Waals surface area contributed by atoms with E-state index in [0.29, 0.717) is 50.7 Å². The summed E-state index contributed by atoms with van der Waals surface area (Å²) >= 11 is 0. The summed E-state index contributed by atoms with van der Waals surface area (Å²) in [6.45, 7) is 8.30. The molecule has 2 aromatic heterocycles. The molecule has 10 heteroatoms. The van der Waals surface area contributed by atoms with Gasteiger partial charge < -0.3 is 15.0 Å². The lowest BCUT2D eigenvalue weighted by Gasteiger charge is -2.29. The number of H-pyrrole nitrogens is 1. The van der Waals surface area contributed by atoms with Gasteiger partial charge in [0.25, 0.3) is 11.5 Å². The van der Waals surface area contributed by atoms with Crippen LogP contribution in [0.15, 0.2) is 33.9 Å². The number of hydrogen-bond acceptors (Lipinski definition) is 6. The Morgan fingerprint density at radius 1 is 1.24 bits per heavy atom. The summed E-state index contributed by atoms with van der Waals surface area (Å²) in [5.74, 6) is -1.09. The van der Waals surface area contributed by atoms with E-state index in [0.717, 1.165) is 0 Å². The van der Waals surface area contributed by atoms with Gasteiger partial charge in [0.2, 0.25) is 0 Å². The Morgan fingerprint density at radius 3 is 2.62 bits per heavy atom. The van der Waals surface area contributed by atoms with Gasteiger partial charge in [0, 0.05) is 31.0 Å². The lowest BCUT2D eigenvalue weighted by molar-refractivity contribution is 0.102. The standard InChI is InChI=1S/C24H28FN5O4/c1-4-7-30-21-20(23(32)28-24(30)33)16(13-18(27-21)14(2)3)22(31)26-15-5-6-19(17(25)12-15)29-8-10-34-11-9-29/h5-6,12-14H,4,7-11H2,1-3H3,(H,26,31)(H,28,32,33). The van der Waals surface area contributed by atoms with Crippen molar-refractivity contribution in [1.82, 2.24) is 14.5 Å². The predicted molar refractivity (Wildman–Crippen MR) is 128 cm³/mol. The number of amides is 1. The van der Waals surface area contributed by atoms with E-state index in [9.17, 15) is 18.8 Å². The van der Waals surface area contributed by atoms with Gasteiger partial charge in [-0.2, -0.15) is 0 Å². The highest BCUT2D eigenvalue weighted by molar-refractivity contribution is 6.11. The zero-order valence-electron chi connectivity index (χ0n) is 19.5. The fourth-order valence-electron chi connectivity index (χ4n) is 4.04. The molecule has 1 amide bonds. The number of nitrogens with one attached hydrogen (secondary N) is 2. The van der Waals surface area contributed by atoms with Crippen LogP contribution in [-0.2, 0) is 11.3 Å². The Kier molecular flexibility index (Phi) is 6.78. The van der Waals surface area contributed by atoms with Crippen molar-refractivity contribution in [2.45, 2.75) is 39.7 Å². The van der Waals surface area contributed by atoms with Crippen LogP contribution in [0.5, 0.6) is 0 Å². The predicted octanol–water partition coefficient (Wildman–Crippen LogP) is 2.85. The molecule has 0 saturated carbocycles. The van der Waals surface area contributed by atoms with Crippen molar-refractivity contribution >= 4 is 28.3 Å². The van der Waals surface area contributed by atoms with Crippen molar-refractivity contribution in [3.8, 4) is 0 Å². The van der Waals surface area contributed by atoms with E-state index < -0.39 is 23.0 Å². The van der Waals surface area contributed by atoms with Crippen LogP contribution >= 0.6 is 0 Å². The number of benzene rings is 1. The van der Waals surface area contributed by atoms with Gasteiger partial charge >= 0.3 is 5.69 Å². The minimum Gasteiger partial charge on any atom is -0.378 e. The van der Waals surface area contributed by atoms with E-state index in [2.05, 4.69) is 15.3 Å². The number of aryl methyl sites for hydroxylation is 1. The van der Waals surface area contributed by atoms with Crippen LogP contribution in [-0.4, -0.2) is 46.7 Å². The topological polar surface area (TPSA) is 109 Å². The zero-order chi connectivity index (χ0) is 24.4. The molecule has 180 valence electrons. The molecule has 1 aliphatic heterocycles. The Hall–Kier alpha value is -3.53. The fraction of sp³-hybridized carbons (Fsp3) is 0.417. The summed E-state index contributed by atoms with van der Waals surface area (Å²) in [5.41, 5.74) is 0.264. The summed E-state index contributed by atoms with van der Waals surface area (Å²) < 4.78 is 21.5. The number of carbonyl (C=O) groups excluding carboxylic acids is 1. The summed E-state index contributed by atoms with van der Waals surface area (Å²) in [6, 6.07) is 6.05. The molecule has 0 radical (unpaired) electrons. The number of aromatic nitrogens is 3. The van der Waals surface area contributed by atoms with E-state index in [-0.39, 0.29) is 28.2 Å². The summed E-state index contributed by atoms with van der Waals surface area (Å²) in [6.07, 6.45) is 0.644. The number of nitrogens with zero attached hydrogens (tertiary/aromatic N) is 3. The quantitative estimate of drug-likeness (QED) is 0.575. The van der Waals surface area contributed by atoms with Gasteiger partial charge in [-0.05, 0) is 36.6 Å². The van der Waals surface area contributed by atoms with Gasteiger partial charge in [0.05, 0.1) is 29.9 Å². The smallest absolute Gasteiger partial charge is 0.329 e. The van der Waals surface area contributed by atoms with E-state index in [1.165, 1.54) is 10.6 Å². The monoisotopic (exact) mass is 469 g/mol. The number of halogens is 1. The number of hydrogen-bond donors (Lipinski definition) is 2. The van der Waals surface area contributed by atoms with E-state index in [4.69, 9.17) is 4.74 Å². The van der Waals surface area contributed by atoms with Gasteiger partial charge in [-0.3, -0.25) is 19.1 Å². The average molecular weight is 470 g/mol. The third kappa shape index (κ3) is 4.58. The molecule has 9 nitrogen and oxygen atoms in total. The van der Waals surface area contributed by atoms with Crippen LogP contribution in [0, 0.1) is 5.82 Å². The SMILES string of the molecule is CCCn1c(=O)[nH]c(=O)c2c(C(=O)Nc3ccc(N4CCOCC4)c(F)c3)cc(C(C)C)nc21. The molecule has 0 spiro atoms. The lowest BCUT2D eigenvalue weighted by Crippen LogP contribution is -2.36. The molecule has 34 heavy (non-hydrogen) atoms. The van der Waals surface area contributed by atoms with Crippen molar-refractivity contribution < 1.29 is 13.9 Å². The maximum absolute atomic E-state index is 14.8. The minimum atomic E-state index is -0.686. The molecule has 1 aliphatic rings. The Morgan fingerprint density at radius 2 is 1.97 bits per heavy atom. The van der Waals surface area contributed by atoms with E-state index >= 15 is 0 Å². The Labute approximate surface area is 195 Å². The molecular weight excluding hydrogens is 441 g/mol. The van der Waals surface area contributed by atoms with E-state index in [1.807, 2.05) is 25.7 Å². The molecule has 4 rings (SSSR count). The van der Waals surface area contributed by atoms with Crippen molar-refractivity contribution in [2.24, 2.45) is 0 Å². The zero-order valence-corrected chi connectivity index (χ0v) is 19.5. The lowest BCUT2D eigenvalue weighted by atomic mass is 10.0. The van der Waals surface area contributed by atoms with Crippen LogP contribution in [0.3, 0.4) is 0 Å². The molecular formula is C24H28FN5O4. The van der Waals surface area contributed by atoms with E-state index in [1.54, 1.807) is 18.2 Å². The Bertz CT molecular complexity index is 1340. The van der Waals surface area contributed by atoms with Crippen LogP contribution in [0.4, 0.5) is 15.8 Å². The highest BCUT2D eigenvalue weighted by atomic mass is 19.1. The van der Waals surface area contributed by atoms with Crippen LogP contribution in [0.1, 0.15) is 49.2 Å². The highest BCUT2D eigenvalue weighted by Crippen LogP contribution is 2.25. The maximum Gasteiger partial charge on any atom is 0.329 e. The first-order valence-corrected chi connectivity index (χ1v) is 11.4. The largest absolute Gasteiger partial charge is 0.378 e. The number of aromatic amines is 1. The van der Waals surface area contributed by atoms with Crippen LogP contribution in [0.25, 0.3) is 11.0 Å². The molecule has 0 bridgehead atoms. The molecule has 1 fully saturated rings. The van der Waals surface area contributed by atoms with Crippen LogP contribution < -0.4 is 21.5 Å². The average Bonchev–Trinajstić information content (AvgIpc) is 2.81. The van der Waals surface area contributed by atoms with Gasteiger partial charge in [0.15, 0.2) is 5.65 Å². The second-order valence-electron chi connectivity index (χ2n) is 8.58. The molecule has 0 unspecified atom stereocenters. The number of carbonyl (C=O) groups is 1. The fourth-order valence-corrected chi connectivity index (χ4v) is 4.04. The molecule has 2 N–H and O–H groups in total. The minimum absolute atomic E-state index is 0.0281. The summed E-state index contributed by atoms with van der Waals surface area (Å²) in [5, 5.41) is 2.72. The maximum atomic E-state index is 14.8. The first kappa shape index (κ1) is 23.6. The number of pyridine rings is 1. The van der Waals surface area contributed by atoms with Crippen molar-refractivity contribution in [3.63, 3.8) is 0 Å². The third-order valence-corrected chi connectivity index (χ3v) is 5.81. The number of morpholine rings is 1. The highest BCUT2D eigenvalue weighted by Gasteiger charge is 2.21. The van der Waals surface area contributed by atoms with Crippen molar-refractivity contribution in [2.75, 3.05) is 36.5 Å². The molecule has 3 heterocycles. The molecule has 0 atom stereocenters. The third-order valence-electron chi connectivity index (χ3n) is 5.81. The Balaban J connectivity index is 1.75. The van der Waals surface area contributed by atoms with Crippen molar-refractivity contribution in [1.29, 1.82) is 0 Å². The number of anilines is 2. The second kappa shape index (κ2) is 9.76. The van der Waals surface area contributed by atoms with Crippen molar-refractivity contribution in [3.05, 3.63) is 62.2 Å². The molecule has 0 aliphatic carbocycles. The first-order chi connectivity index (χ1) is 16.3. The molecule has 1 saturated heterocycles. The number of rotatable bonds is 6. The van der Waals surface area contributed by atoms with Crippen LogP contribution in [0.2, 0.25) is 0 Å². The summed E-state index contributed by atoms with van der Waals surface area (Å²) in [4.78, 5) is 47.1. The normalized spacial score (nSPS) is 14.1. The number of fused-ring (bicyclic) bond motifs is 1. The second-order valence-corrected chi connectivity index (χ2v) is 8.58. The molecule has 1 aromatic carbocycles. The van der Waals surface area contributed by atoms with Gasteiger partial charge in [-0.15, -0.1) is 0 Å². The first-order valence-electron chi connectivity index (χ1n) is 11.4. The van der Waals surface area contributed by atoms with Gasteiger partial charge in [-0.25, -0.2) is 14.2 Å². The van der Waals surface area contributed by atoms with Gasteiger partial charge in [-0.1, -0.05) is 20.8 Å².